The first-order valence-corrected chi connectivity index (χ1v) is 7.27. The van der Waals surface area contributed by atoms with E-state index in [1.54, 1.807) is 12.1 Å². The number of nitrogens with zero attached hydrogens (tertiary/aromatic N) is 1. The van der Waals surface area contributed by atoms with Gasteiger partial charge >= 0.3 is 0 Å². The fourth-order valence-corrected chi connectivity index (χ4v) is 3.06. The molecule has 0 aliphatic heterocycles. The van der Waals surface area contributed by atoms with Crippen LogP contribution in [-0.4, -0.2) is 4.98 Å². The van der Waals surface area contributed by atoms with E-state index in [0.717, 1.165) is 16.1 Å². The van der Waals surface area contributed by atoms with Crippen molar-refractivity contribution in [3.63, 3.8) is 0 Å². The molecule has 96 valence electrons. The number of benzene rings is 1. The normalized spacial score (nSPS) is 11.2. The first-order valence-electron chi connectivity index (χ1n) is 5.66. The van der Waals surface area contributed by atoms with Gasteiger partial charge in [0.05, 0.1) is 10.2 Å². The molecule has 18 heavy (non-hydrogen) atoms. The van der Waals surface area contributed by atoms with Gasteiger partial charge in [-0.1, -0.05) is 19.9 Å². The fraction of sp³-hybridized carbons (Fsp3) is 0.308. The summed E-state index contributed by atoms with van der Waals surface area (Å²) in [7, 11) is 0. The second-order valence-corrected chi connectivity index (χ2v) is 6.41. The zero-order chi connectivity index (χ0) is 13.3. The van der Waals surface area contributed by atoms with Gasteiger partial charge in [-0.25, -0.2) is 9.37 Å². The maximum atomic E-state index is 13.5. The molecule has 1 heterocycles. The maximum Gasteiger partial charge on any atom is 0.180 e. The molecule has 0 fully saturated rings. The zero-order valence-corrected chi connectivity index (χ0v) is 12.6. The van der Waals surface area contributed by atoms with Crippen molar-refractivity contribution < 1.29 is 4.39 Å². The lowest BCUT2D eigenvalue weighted by Gasteiger charge is -2.06. The molecule has 2 N–H and O–H groups in total. The van der Waals surface area contributed by atoms with Gasteiger partial charge in [0, 0.05) is 11.3 Å². The minimum Gasteiger partial charge on any atom is -0.375 e. The Labute approximate surface area is 118 Å². The Morgan fingerprint density at radius 1 is 1.44 bits per heavy atom. The third kappa shape index (κ3) is 2.90. The molecule has 0 spiro atoms. The van der Waals surface area contributed by atoms with Crippen molar-refractivity contribution in [1.82, 2.24) is 4.98 Å². The van der Waals surface area contributed by atoms with Crippen LogP contribution >= 0.6 is 27.3 Å². The monoisotopic (exact) mass is 328 g/mol. The largest absolute Gasteiger partial charge is 0.375 e. The number of hydrogen-bond donors (Lipinski definition) is 1. The van der Waals surface area contributed by atoms with Gasteiger partial charge in [-0.2, -0.15) is 0 Å². The van der Waals surface area contributed by atoms with Crippen molar-refractivity contribution in [3.05, 3.63) is 44.6 Å². The van der Waals surface area contributed by atoms with Crippen LogP contribution in [0.2, 0.25) is 0 Å². The van der Waals surface area contributed by atoms with E-state index in [0.29, 0.717) is 21.9 Å². The molecule has 0 bridgehead atoms. The lowest BCUT2D eigenvalue weighted by molar-refractivity contribution is 0.619. The van der Waals surface area contributed by atoms with E-state index in [-0.39, 0.29) is 5.82 Å². The molecule has 0 radical (unpaired) electrons. The van der Waals surface area contributed by atoms with Crippen LogP contribution in [0.4, 0.5) is 9.52 Å². The summed E-state index contributed by atoms with van der Waals surface area (Å²) < 4.78 is 13.9. The van der Waals surface area contributed by atoms with Crippen molar-refractivity contribution in [1.29, 1.82) is 0 Å². The van der Waals surface area contributed by atoms with Crippen LogP contribution in [-0.2, 0) is 6.42 Å². The van der Waals surface area contributed by atoms with E-state index < -0.39 is 0 Å². The summed E-state index contributed by atoms with van der Waals surface area (Å²) in [6.45, 7) is 4.17. The number of halogens is 2. The Morgan fingerprint density at radius 2 is 2.17 bits per heavy atom. The average Bonchev–Trinajstić information content (AvgIpc) is 2.65. The summed E-state index contributed by atoms with van der Waals surface area (Å²) in [6, 6.07) is 5.18. The van der Waals surface area contributed by atoms with E-state index in [2.05, 4.69) is 34.8 Å². The lowest BCUT2D eigenvalue weighted by atomic mass is 10.0. The molecular formula is C13H14BrFN2S. The fourth-order valence-electron chi connectivity index (χ4n) is 1.80. The molecule has 0 aliphatic rings. The van der Waals surface area contributed by atoms with Crippen LogP contribution < -0.4 is 5.73 Å². The molecule has 0 unspecified atom stereocenters. The van der Waals surface area contributed by atoms with Gasteiger partial charge < -0.3 is 5.73 Å². The van der Waals surface area contributed by atoms with Gasteiger partial charge in [-0.05, 0) is 39.5 Å². The van der Waals surface area contributed by atoms with Crippen molar-refractivity contribution in [2.45, 2.75) is 26.2 Å². The highest BCUT2D eigenvalue weighted by Gasteiger charge is 2.13. The van der Waals surface area contributed by atoms with Crippen LogP contribution in [0.15, 0.2) is 22.7 Å². The molecule has 5 heteroatoms. The number of nitrogen functional groups attached to an aromatic ring is 1. The third-order valence-electron chi connectivity index (χ3n) is 2.64. The van der Waals surface area contributed by atoms with Gasteiger partial charge in [0.15, 0.2) is 5.13 Å². The molecule has 0 aliphatic carbocycles. The average molecular weight is 329 g/mol. The van der Waals surface area contributed by atoms with Crippen LogP contribution in [0.5, 0.6) is 0 Å². The number of thiazole rings is 1. The first kappa shape index (κ1) is 13.5. The van der Waals surface area contributed by atoms with E-state index >= 15 is 0 Å². The number of rotatable bonds is 3. The Kier molecular flexibility index (Phi) is 4.02. The number of hydrogen-bond acceptors (Lipinski definition) is 3. The van der Waals surface area contributed by atoms with Gasteiger partial charge in [-0.3, -0.25) is 0 Å². The molecule has 0 atom stereocenters. The summed E-state index contributed by atoms with van der Waals surface area (Å²) in [4.78, 5) is 5.45. The lowest BCUT2D eigenvalue weighted by Crippen LogP contribution is -1.96. The number of anilines is 1. The van der Waals surface area contributed by atoms with Crippen molar-refractivity contribution in [2.75, 3.05) is 5.73 Å². The standard InChI is InChI=1S/C13H14BrFN2S/c1-7(2)12-11(18-13(16)17-12)6-8-3-4-9(14)10(15)5-8/h3-5,7H,6H2,1-2H3,(H2,16,17). The predicted octanol–water partition coefficient (Wildman–Crippen LogP) is 4.34. The molecule has 1 aromatic carbocycles. The van der Waals surface area contributed by atoms with E-state index in [4.69, 9.17) is 5.73 Å². The van der Waals surface area contributed by atoms with E-state index in [1.807, 2.05) is 6.07 Å². The van der Waals surface area contributed by atoms with Gasteiger partial charge in [-0.15, -0.1) is 11.3 Å². The summed E-state index contributed by atoms with van der Waals surface area (Å²) in [5, 5.41) is 0.575. The van der Waals surface area contributed by atoms with E-state index in [1.165, 1.54) is 11.3 Å². The summed E-state index contributed by atoms with van der Waals surface area (Å²) in [6.07, 6.45) is 0.673. The first-order chi connectivity index (χ1) is 8.47. The number of aromatic nitrogens is 1. The van der Waals surface area contributed by atoms with Gasteiger partial charge in [0.2, 0.25) is 0 Å². The van der Waals surface area contributed by atoms with Crippen LogP contribution in [0, 0.1) is 5.82 Å². The van der Waals surface area contributed by atoms with Crippen molar-refractivity contribution >= 4 is 32.4 Å². The Hall–Kier alpha value is -0.940. The minimum absolute atomic E-state index is 0.240. The molecular weight excluding hydrogens is 315 g/mol. The summed E-state index contributed by atoms with van der Waals surface area (Å²) in [5.41, 5.74) is 7.70. The van der Waals surface area contributed by atoms with Crippen molar-refractivity contribution in [2.24, 2.45) is 0 Å². The quantitative estimate of drug-likeness (QED) is 0.910. The molecule has 0 saturated carbocycles. The van der Waals surface area contributed by atoms with Gasteiger partial charge in [0.25, 0.3) is 0 Å². The molecule has 0 amide bonds. The Morgan fingerprint density at radius 3 is 2.78 bits per heavy atom. The maximum absolute atomic E-state index is 13.5. The third-order valence-corrected chi connectivity index (χ3v) is 4.18. The molecule has 0 saturated heterocycles. The highest BCUT2D eigenvalue weighted by molar-refractivity contribution is 9.10. The predicted molar refractivity (Wildman–Crippen MR) is 77.5 cm³/mol. The zero-order valence-electron chi connectivity index (χ0n) is 10.2. The number of nitrogens with two attached hydrogens (primary N) is 1. The van der Waals surface area contributed by atoms with Crippen LogP contribution in [0.25, 0.3) is 0 Å². The topological polar surface area (TPSA) is 38.9 Å². The molecule has 2 aromatic rings. The van der Waals surface area contributed by atoms with E-state index in [9.17, 15) is 4.39 Å². The molecule has 1 aromatic heterocycles. The smallest absolute Gasteiger partial charge is 0.180 e. The summed E-state index contributed by atoms with van der Waals surface area (Å²) in [5.74, 6) is 0.0879. The Bertz CT molecular complexity index is 566. The van der Waals surface area contributed by atoms with Crippen LogP contribution in [0.1, 0.15) is 35.9 Å². The second kappa shape index (κ2) is 5.36. The van der Waals surface area contributed by atoms with Crippen molar-refractivity contribution in [3.8, 4) is 0 Å². The van der Waals surface area contributed by atoms with Crippen LogP contribution in [0.3, 0.4) is 0 Å². The minimum atomic E-state index is -0.240. The highest BCUT2D eigenvalue weighted by atomic mass is 79.9. The summed E-state index contributed by atoms with van der Waals surface area (Å²) >= 11 is 4.63. The second-order valence-electron chi connectivity index (χ2n) is 4.44. The molecule has 2 nitrogen and oxygen atoms in total. The Balaban J connectivity index is 2.30. The highest BCUT2D eigenvalue weighted by Crippen LogP contribution is 2.29. The van der Waals surface area contributed by atoms with Gasteiger partial charge in [0.1, 0.15) is 5.82 Å². The SMILES string of the molecule is CC(C)c1nc(N)sc1Cc1ccc(Br)c(F)c1. The molecule has 2 rings (SSSR count).